The first kappa shape index (κ1) is 19.9. The van der Waals surface area contributed by atoms with E-state index in [4.69, 9.17) is 28.3 Å². The molecule has 1 amide bonds. The lowest BCUT2D eigenvalue weighted by Gasteiger charge is -2.32. The first-order valence-electron chi connectivity index (χ1n) is 9.76. The Morgan fingerprint density at radius 1 is 1.14 bits per heavy atom. The first-order valence-corrected chi connectivity index (χ1v) is 10.5. The maximum Gasteiger partial charge on any atom is 0.223 e. The van der Waals surface area contributed by atoms with E-state index in [9.17, 15) is 4.79 Å². The third kappa shape index (κ3) is 4.31. The molecular formula is C20H22Cl2N6O. The summed E-state index contributed by atoms with van der Waals surface area (Å²) in [5, 5.41) is 17.3. The van der Waals surface area contributed by atoms with Crippen LogP contribution in [-0.2, 0) is 4.79 Å². The topological polar surface area (TPSA) is 75.4 Å². The van der Waals surface area contributed by atoms with Crippen LogP contribution in [0.15, 0.2) is 30.3 Å². The number of aromatic nitrogens is 4. The molecule has 0 saturated carbocycles. The Kier molecular flexibility index (Phi) is 5.87. The van der Waals surface area contributed by atoms with Gasteiger partial charge in [0.1, 0.15) is 5.82 Å². The summed E-state index contributed by atoms with van der Waals surface area (Å²) >= 11 is 12.3. The molecule has 3 aromatic rings. The molecule has 0 aliphatic carbocycles. The predicted octanol–water partition coefficient (Wildman–Crippen LogP) is 3.84. The Bertz CT molecular complexity index is 1010. The molecule has 7 nitrogen and oxygen atoms in total. The summed E-state index contributed by atoms with van der Waals surface area (Å²) in [6.45, 7) is 4.36. The molecule has 0 atom stereocenters. The maximum atomic E-state index is 12.2. The number of halogens is 2. The average molecular weight is 433 g/mol. The zero-order chi connectivity index (χ0) is 20.4. The van der Waals surface area contributed by atoms with Crippen LogP contribution in [0.3, 0.4) is 0 Å². The van der Waals surface area contributed by atoms with Gasteiger partial charge in [0.15, 0.2) is 11.5 Å². The number of amides is 1. The number of fused-ring (bicyclic) bond motifs is 1. The van der Waals surface area contributed by atoms with Gasteiger partial charge in [-0.2, -0.15) is 4.52 Å². The molecule has 0 unspecified atom stereocenters. The number of nitrogens with zero attached hydrogens (tertiary/aromatic N) is 5. The number of hydrogen-bond donors (Lipinski definition) is 1. The average Bonchev–Trinajstić information content (AvgIpc) is 3.14. The van der Waals surface area contributed by atoms with E-state index in [1.807, 2.05) is 12.1 Å². The van der Waals surface area contributed by atoms with Crippen molar-refractivity contribution >= 4 is 40.6 Å². The largest absolute Gasteiger partial charge is 0.356 e. The molecule has 1 fully saturated rings. The van der Waals surface area contributed by atoms with Gasteiger partial charge in [-0.3, -0.25) is 4.79 Å². The van der Waals surface area contributed by atoms with Crippen molar-refractivity contribution < 1.29 is 4.79 Å². The second kappa shape index (κ2) is 8.55. The third-order valence-electron chi connectivity index (χ3n) is 5.11. The Morgan fingerprint density at radius 2 is 1.86 bits per heavy atom. The first-order chi connectivity index (χ1) is 14.0. The Hall–Kier alpha value is -2.38. The van der Waals surface area contributed by atoms with Crippen LogP contribution in [0.4, 0.5) is 5.82 Å². The van der Waals surface area contributed by atoms with Crippen LogP contribution in [0.5, 0.6) is 0 Å². The Balaban J connectivity index is 1.55. The van der Waals surface area contributed by atoms with E-state index in [0.29, 0.717) is 21.5 Å². The van der Waals surface area contributed by atoms with E-state index in [1.165, 1.54) is 0 Å². The normalized spacial score (nSPS) is 15.1. The number of rotatable bonds is 5. The molecule has 1 aromatic carbocycles. The van der Waals surface area contributed by atoms with Crippen molar-refractivity contribution in [3.05, 3.63) is 40.4 Å². The highest BCUT2D eigenvalue weighted by atomic mass is 35.5. The second-order valence-electron chi connectivity index (χ2n) is 7.20. The summed E-state index contributed by atoms with van der Waals surface area (Å²) in [4.78, 5) is 14.4. The van der Waals surface area contributed by atoms with Crippen LogP contribution in [0.2, 0.25) is 10.0 Å². The minimum absolute atomic E-state index is 0.0700. The zero-order valence-electron chi connectivity index (χ0n) is 16.1. The summed E-state index contributed by atoms with van der Waals surface area (Å²) in [5.41, 5.74) is 1.40. The Labute approximate surface area is 179 Å². The van der Waals surface area contributed by atoms with E-state index >= 15 is 0 Å². The van der Waals surface area contributed by atoms with Crippen LogP contribution >= 0.6 is 23.2 Å². The zero-order valence-corrected chi connectivity index (χ0v) is 17.6. The molecular weight excluding hydrogens is 411 g/mol. The van der Waals surface area contributed by atoms with E-state index in [2.05, 4.69) is 27.3 Å². The highest BCUT2D eigenvalue weighted by Gasteiger charge is 2.25. The third-order valence-corrected chi connectivity index (χ3v) is 5.54. The van der Waals surface area contributed by atoms with Gasteiger partial charge in [0.2, 0.25) is 5.91 Å². The lowest BCUT2D eigenvalue weighted by atomic mass is 9.96. The van der Waals surface area contributed by atoms with Crippen molar-refractivity contribution in [3.63, 3.8) is 0 Å². The van der Waals surface area contributed by atoms with Gasteiger partial charge >= 0.3 is 0 Å². The quantitative estimate of drug-likeness (QED) is 0.662. The van der Waals surface area contributed by atoms with E-state index < -0.39 is 0 Å². The van der Waals surface area contributed by atoms with Crippen molar-refractivity contribution in [2.45, 2.75) is 26.2 Å². The predicted molar refractivity (Wildman–Crippen MR) is 114 cm³/mol. The second-order valence-corrected chi connectivity index (χ2v) is 8.07. The fourth-order valence-electron chi connectivity index (χ4n) is 3.57. The molecule has 0 spiro atoms. The van der Waals surface area contributed by atoms with Gasteiger partial charge in [-0.25, -0.2) is 0 Å². The van der Waals surface area contributed by atoms with Crippen molar-refractivity contribution in [2.75, 3.05) is 24.5 Å². The number of carbonyl (C=O) groups excluding carboxylic acids is 1. The molecule has 3 heterocycles. The SMILES string of the molecule is CCCNC(=O)C1CCN(c2ccc3nnc(-c4cc(Cl)cc(Cl)c4)n3n2)CC1. The molecule has 1 saturated heterocycles. The minimum Gasteiger partial charge on any atom is -0.356 e. The fraction of sp³-hybridized carbons (Fsp3) is 0.400. The minimum atomic E-state index is 0.0700. The fourth-order valence-corrected chi connectivity index (χ4v) is 4.10. The molecule has 9 heteroatoms. The van der Waals surface area contributed by atoms with Gasteiger partial charge in [0, 0.05) is 41.2 Å². The summed E-state index contributed by atoms with van der Waals surface area (Å²) in [7, 11) is 0. The van der Waals surface area contributed by atoms with Crippen LogP contribution in [0.1, 0.15) is 26.2 Å². The van der Waals surface area contributed by atoms with Crippen molar-refractivity contribution in [3.8, 4) is 11.4 Å². The standard InChI is InChI=1S/C20H22Cl2N6O/c1-2-7-23-20(29)13-5-8-27(9-6-13)18-4-3-17-24-25-19(28(17)26-18)14-10-15(21)12-16(22)11-14/h3-4,10-13H,2,5-9H2,1H3,(H,23,29). The Morgan fingerprint density at radius 3 is 2.55 bits per heavy atom. The van der Waals surface area contributed by atoms with Crippen molar-refractivity contribution in [2.24, 2.45) is 5.92 Å². The van der Waals surface area contributed by atoms with E-state index in [-0.39, 0.29) is 11.8 Å². The summed E-state index contributed by atoms with van der Waals surface area (Å²) in [6, 6.07) is 9.09. The number of nitrogens with one attached hydrogen (secondary N) is 1. The molecule has 2 aromatic heterocycles. The number of hydrogen-bond acceptors (Lipinski definition) is 5. The van der Waals surface area contributed by atoms with Crippen LogP contribution in [-0.4, -0.2) is 45.4 Å². The van der Waals surface area contributed by atoms with Gasteiger partial charge in [0.25, 0.3) is 0 Å². The van der Waals surface area contributed by atoms with Gasteiger partial charge in [-0.05, 0) is 49.6 Å². The highest BCUT2D eigenvalue weighted by molar-refractivity contribution is 6.35. The highest BCUT2D eigenvalue weighted by Crippen LogP contribution is 2.27. The smallest absolute Gasteiger partial charge is 0.223 e. The molecule has 1 aliphatic rings. The lowest BCUT2D eigenvalue weighted by Crippen LogP contribution is -2.41. The van der Waals surface area contributed by atoms with Crippen molar-refractivity contribution in [1.82, 2.24) is 25.1 Å². The monoisotopic (exact) mass is 432 g/mol. The molecule has 152 valence electrons. The number of carbonyl (C=O) groups is 1. The summed E-state index contributed by atoms with van der Waals surface area (Å²) in [5.74, 6) is 1.65. The van der Waals surface area contributed by atoms with Crippen molar-refractivity contribution in [1.29, 1.82) is 0 Å². The van der Waals surface area contributed by atoms with Gasteiger partial charge in [-0.15, -0.1) is 15.3 Å². The maximum absolute atomic E-state index is 12.2. The van der Waals surface area contributed by atoms with E-state index in [0.717, 1.165) is 50.3 Å². The molecule has 1 aliphatic heterocycles. The molecule has 0 bridgehead atoms. The van der Waals surface area contributed by atoms with Gasteiger partial charge < -0.3 is 10.2 Å². The number of piperidine rings is 1. The summed E-state index contributed by atoms with van der Waals surface area (Å²) in [6.07, 6.45) is 2.58. The molecule has 1 N–H and O–H groups in total. The van der Waals surface area contributed by atoms with Crippen LogP contribution < -0.4 is 10.2 Å². The number of anilines is 1. The van der Waals surface area contributed by atoms with Gasteiger partial charge in [0.05, 0.1) is 0 Å². The van der Waals surface area contributed by atoms with Crippen LogP contribution in [0.25, 0.3) is 17.0 Å². The molecule has 4 rings (SSSR count). The van der Waals surface area contributed by atoms with Crippen LogP contribution in [0, 0.1) is 5.92 Å². The lowest BCUT2D eigenvalue weighted by molar-refractivity contribution is -0.125. The molecule has 0 radical (unpaired) electrons. The van der Waals surface area contributed by atoms with Gasteiger partial charge in [-0.1, -0.05) is 30.1 Å². The summed E-state index contributed by atoms with van der Waals surface area (Å²) < 4.78 is 1.71. The van der Waals surface area contributed by atoms with E-state index in [1.54, 1.807) is 22.7 Å². The number of benzene rings is 1. The molecule has 29 heavy (non-hydrogen) atoms.